The number of thiophene rings is 1. The molecule has 3 aromatic heterocycles. The van der Waals surface area contributed by atoms with Gasteiger partial charge in [-0.15, -0.1) is 11.3 Å². The Morgan fingerprint density at radius 2 is 1.84 bits per heavy atom. The number of benzene rings is 2. The van der Waals surface area contributed by atoms with Gasteiger partial charge in [-0.25, -0.2) is 4.79 Å². The smallest absolute Gasteiger partial charge is 0.348 e. The van der Waals surface area contributed by atoms with Gasteiger partial charge in [0.1, 0.15) is 16.2 Å². The predicted molar refractivity (Wildman–Crippen MR) is 149 cm³/mol. The van der Waals surface area contributed by atoms with E-state index in [0.717, 1.165) is 28.0 Å². The van der Waals surface area contributed by atoms with Gasteiger partial charge in [0.05, 0.1) is 11.0 Å². The van der Waals surface area contributed by atoms with E-state index in [2.05, 4.69) is 4.98 Å². The third-order valence-corrected chi connectivity index (χ3v) is 10.1. The van der Waals surface area contributed by atoms with Crippen LogP contribution in [0.3, 0.4) is 0 Å². The van der Waals surface area contributed by atoms with E-state index in [1.807, 2.05) is 42.5 Å². The third kappa shape index (κ3) is 4.58. The average molecular weight is 553 g/mol. The van der Waals surface area contributed by atoms with Crippen LogP contribution >= 0.6 is 30.5 Å². The molecule has 5 aromatic rings. The summed E-state index contributed by atoms with van der Waals surface area (Å²) in [6.45, 7) is 1.79. The molecule has 0 radical (unpaired) electrons. The molecule has 1 unspecified atom stereocenters. The largest absolute Gasteiger partial charge is 0.477 e. The first-order chi connectivity index (χ1) is 17.7. The lowest BCUT2D eigenvalue weighted by molar-refractivity contribution is 0.0703. The highest BCUT2D eigenvalue weighted by molar-refractivity contribution is 7.68. The zero-order valence-electron chi connectivity index (χ0n) is 20.1. The Kier molecular flexibility index (Phi) is 6.68. The number of nitrogens with zero attached hydrogens (tertiary/aromatic N) is 2. The van der Waals surface area contributed by atoms with Crippen LogP contribution < -0.4 is 9.97 Å². The molecule has 0 aliphatic carbocycles. The van der Waals surface area contributed by atoms with Crippen molar-refractivity contribution in [3.63, 3.8) is 0 Å². The van der Waals surface area contributed by atoms with Gasteiger partial charge < -0.3 is 14.0 Å². The Morgan fingerprint density at radius 3 is 2.49 bits per heavy atom. The van der Waals surface area contributed by atoms with E-state index in [9.17, 15) is 14.5 Å². The van der Waals surface area contributed by atoms with Gasteiger partial charge in [-0.1, -0.05) is 35.9 Å². The van der Waals surface area contributed by atoms with E-state index in [0.29, 0.717) is 37.8 Å². The Hall–Kier alpha value is -3.42. The van der Waals surface area contributed by atoms with Gasteiger partial charge in [-0.3, -0.25) is 14.2 Å². The molecule has 2 aromatic carbocycles. The molecule has 0 spiro atoms. The van der Waals surface area contributed by atoms with Crippen LogP contribution in [0.1, 0.15) is 15.2 Å². The third-order valence-electron chi connectivity index (χ3n) is 6.10. The van der Waals surface area contributed by atoms with Crippen LogP contribution in [0.5, 0.6) is 0 Å². The van der Waals surface area contributed by atoms with Crippen molar-refractivity contribution in [3.8, 4) is 21.8 Å². The molecule has 1 N–H and O–H groups in total. The van der Waals surface area contributed by atoms with Crippen molar-refractivity contribution in [2.45, 2.75) is 6.92 Å². The number of carboxylic acids is 1. The van der Waals surface area contributed by atoms with Gasteiger partial charge in [0.25, 0.3) is 0 Å². The number of halogens is 1. The summed E-state index contributed by atoms with van der Waals surface area (Å²) in [6, 6.07) is 19.9. The number of anilines is 1. The van der Waals surface area contributed by atoms with E-state index in [4.69, 9.17) is 20.5 Å². The summed E-state index contributed by atoms with van der Waals surface area (Å²) in [5, 5.41) is 10.9. The number of hydrogen-bond donors (Lipinski definition) is 1. The Balaban J connectivity index is 1.52. The van der Waals surface area contributed by atoms with Crippen LogP contribution in [0.2, 0.25) is 5.02 Å². The second kappa shape index (κ2) is 9.80. The first-order valence-corrected chi connectivity index (χ1v) is 14.0. The lowest BCUT2D eigenvalue weighted by Crippen LogP contribution is -2.25. The number of carbonyl (C=O) groups is 1. The van der Waals surface area contributed by atoms with Crippen molar-refractivity contribution >= 4 is 58.5 Å². The number of aromatic carboxylic acids is 1. The second-order valence-corrected chi connectivity index (χ2v) is 12.3. The maximum Gasteiger partial charge on any atom is 0.348 e. The molecule has 1 atom stereocenters. The summed E-state index contributed by atoms with van der Waals surface area (Å²) in [4.78, 5) is 17.3. The summed E-state index contributed by atoms with van der Waals surface area (Å²) < 4.78 is 26.9. The van der Waals surface area contributed by atoms with Crippen molar-refractivity contribution in [1.82, 2.24) is 4.98 Å². The first-order valence-electron chi connectivity index (χ1n) is 11.2. The van der Waals surface area contributed by atoms with Crippen molar-refractivity contribution in [1.29, 1.82) is 0 Å². The van der Waals surface area contributed by atoms with E-state index >= 15 is 0 Å². The quantitative estimate of drug-likeness (QED) is 0.209. The lowest BCUT2D eigenvalue weighted by Gasteiger charge is -2.29. The molecular formula is C27H22ClN2O5PS. The van der Waals surface area contributed by atoms with Gasteiger partial charge in [-0.05, 0) is 54.4 Å². The number of aromatic nitrogens is 1. The Bertz CT molecular complexity index is 1650. The van der Waals surface area contributed by atoms with Crippen molar-refractivity contribution in [2.75, 3.05) is 18.8 Å². The highest BCUT2D eigenvalue weighted by Crippen LogP contribution is 2.53. The molecular weight excluding hydrogens is 531 g/mol. The molecule has 10 heteroatoms. The van der Waals surface area contributed by atoms with Crippen LogP contribution in [0.25, 0.3) is 32.9 Å². The normalized spacial score (nSPS) is 13.0. The van der Waals surface area contributed by atoms with Gasteiger partial charge in [0.2, 0.25) is 0 Å². The number of aryl methyl sites for hydroxylation is 1. The average Bonchev–Trinajstić information content (AvgIpc) is 3.53. The van der Waals surface area contributed by atoms with Gasteiger partial charge in [-0.2, -0.15) is 0 Å². The molecule has 0 amide bonds. The molecule has 7 nitrogen and oxygen atoms in total. The van der Waals surface area contributed by atoms with E-state index in [1.165, 1.54) is 11.8 Å². The number of carboxylic acid groups (broad SMARTS) is 1. The van der Waals surface area contributed by atoms with Crippen molar-refractivity contribution in [3.05, 3.63) is 88.4 Å². The SMILES string of the molecule is COP(=O)(c1ccc(Cl)cc1C)N(C)c1cc(-c2ccc(-c3cc4ncccc4o3)cc2)sc1C(=O)O. The molecule has 0 saturated carbocycles. The minimum absolute atomic E-state index is 0.0637. The molecule has 37 heavy (non-hydrogen) atoms. The maximum atomic E-state index is 14.1. The van der Waals surface area contributed by atoms with E-state index in [1.54, 1.807) is 44.4 Å². The molecule has 0 aliphatic rings. The summed E-state index contributed by atoms with van der Waals surface area (Å²) in [6.07, 6.45) is 1.72. The van der Waals surface area contributed by atoms with Crippen molar-refractivity contribution < 1.29 is 23.4 Å². The number of hydrogen-bond acceptors (Lipinski definition) is 6. The molecule has 188 valence electrons. The van der Waals surface area contributed by atoms with Gasteiger partial charge >= 0.3 is 13.5 Å². The van der Waals surface area contributed by atoms with Crippen LogP contribution in [-0.2, 0) is 9.09 Å². The minimum atomic E-state index is -3.63. The molecule has 0 fully saturated rings. The van der Waals surface area contributed by atoms with Crippen LogP contribution in [0.4, 0.5) is 5.69 Å². The van der Waals surface area contributed by atoms with Gasteiger partial charge in [0.15, 0.2) is 5.58 Å². The van der Waals surface area contributed by atoms with Gasteiger partial charge in [0, 0.05) is 41.9 Å². The number of rotatable bonds is 7. The fourth-order valence-electron chi connectivity index (χ4n) is 4.19. The predicted octanol–water partition coefficient (Wildman–Crippen LogP) is 7.48. The molecule has 5 rings (SSSR count). The number of pyridine rings is 1. The highest BCUT2D eigenvalue weighted by Gasteiger charge is 2.35. The fraction of sp³-hybridized carbons (Fsp3) is 0.111. The molecule has 0 aliphatic heterocycles. The summed E-state index contributed by atoms with van der Waals surface area (Å²) in [5.41, 5.74) is 4.16. The minimum Gasteiger partial charge on any atom is -0.477 e. The standard InChI is InChI=1S/C27H22ClN2O5PS/c1-16-13-19(28)10-11-24(16)36(33,34-3)30(2)21-15-25(37-26(21)27(31)32)18-8-6-17(7-9-18)23-14-20-22(35-23)5-4-12-29-20/h4-15H,1-3H3,(H,31,32). The summed E-state index contributed by atoms with van der Waals surface area (Å²) in [5.74, 6) is -0.419. The lowest BCUT2D eigenvalue weighted by atomic mass is 10.1. The maximum absolute atomic E-state index is 14.1. The second-order valence-electron chi connectivity index (χ2n) is 8.36. The number of fused-ring (bicyclic) bond motifs is 1. The number of furan rings is 1. The van der Waals surface area contributed by atoms with E-state index < -0.39 is 13.5 Å². The Labute approximate surface area is 222 Å². The summed E-state index contributed by atoms with van der Waals surface area (Å²) in [7, 11) is -0.699. The fourth-order valence-corrected chi connectivity index (χ4v) is 7.49. The van der Waals surface area contributed by atoms with Crippen molar-refractivity contribution in [2.24, 2.45) is 0 Å². The van der Waals surface area contributed by atoms with Crippen LogP contribution in [0.15, 0.2) is 77.3 Å². The highest BCUT2D eigenvalue weighted by atomic mass is 35.5. The molecule has 0 saturated heterocycles. The molecule has 3 heterocycles. The van der Waals surface area contributed by atoms with Crippen LogP contribution in [0, 0.1) is 6.92 Å². The van der Waals surface area contributed by atoms with Crippen LogP contribution in [-0.4, -0.2) is 30.2 Å². The first kappa shape index (κ1) is 25.2. The topological polar surface area (TPSA) is 92.9 Å². The monoisotopic (exact) mass is 552 g/mol. The Morgan fingerprint density at radius 1 is 1.11 bits per heavy atom. The zero-order chi connectivity index (χ0) is 26.3. The zero-order valence-corrected chi connectivity index (χ0v) is 22.6. The molecule has 0 bridgehead atoms. The van der Waals surface area contributed by atoms with E-state index in [-0.39, 0.29) is 4.88 Å². The summed E-state index contributed by atoms with van der Waals surface area (Å²) >= 11 is 7.20.